The zero-order chi connectivity index (χ0) is 11.3. The van der Waals surface area contributed by atoms with Crippen LogP contribution in [0.25, 0.3) is 0 Å². The van der Waals surface area contributed by atoms with Crippen molar-refractivity contribution in [3.63, 3.8) is 0 Å². The Balaban J connectivity index is 2.58. The molecule has 84 valence electrons. The molecule has 0 bridgehead atoms. The van der Waals surface area contributed by atoms with E-state index in [0.717, 1.165) is 0 Å². The van der Waals surface area contributed by atoms with Crippen LogP contribution in [0.4, 0.5) is 0 Å². The minimum Gasteiger partial charge on any atom is -0.395 e. The zero-order valence-electron chi connectivity index (χ0n) is 9.64. The molecule has 0 saturated carbocycles. The molecular formula is C12H20N2O. The average molecular weight is 208 g/mol. The van der Waals surface area contributed by atoms with Crippen LogP contribution < -0.4 is 5.32 Å². The van der Waals surface area contributed by atoms with Gasteiger partial charge in [-0.05, 0) is 30.5 Å². The standard InChI is InChI=1S/C12H20N2O/c1-9(2)12(8-15)14-10(3)11-4-6-13-7-5-11/h4-7,9-10,12,14-15H,8H2,1-3H3. The number of rotatable bonds is 5. The topological polar surface area (TPSA) is 45.1 Å². The normalized spacial score (nSPS) is 15.3. The molecule has 1 aromatic rings. The number of aliphatic hydroxyl groups excluding tert-OH is 1. The molecule has 0 aliphatic carbocycles. The lowest BCUT2D eigenvalue weighted by Crippen LogP contribution is -2.38. The molecule has 0 aliphatic heterocycles. The third-order valence-electron chi connectivity index (χ3n) is 2.67. The van der Waals surface area contributed by atoms with Crippen molar-refractivity contribution in [2.24, 2.45) is 5.92 Å². The maximum absolute atomic E-state index is 9.22. The second kappa shape index (κ2) is 5.83. The van der Waals surface area contributed by atoms with E-state index in [2.05, 4.69) is 31.1 Å². The van der Waals surface area contributed by atoms with E-state index in [4.69, 9.17) is 0 Å². The summed E-state index contributed by atoms with van der Waals surface area (Å²) in [4.78, 5) is 3.99. The molecule has 0 fully saturated rings. The van der Waals surface area contributed by atoms with Gasteiger partial charge in [-0.25, -0.2) is 0 Å². The van der Waals surface area contributed by atoms with Gasteiger partial charge in [-0.2, -0.15) is 0 Å². The molecule has 0 saturated heterocycles. The van der Waals surface area contributed by atoms with Gasteiger partial charge in [-0.1, -0.05) is 13.8 Å². The molecule has 0 aromatic carbocycles. The molecule has 2 N–H and O–H groups in total. The van der Waals surface area contributed by atoms with Crippen molar-refractivity contribution in [2.75, 3.05) is 6.61 Å². The highest BCUT2D eigenvalue weighted by molar-refractivity contribution is 5.14. The molecule has 1 heterocycles. The second-order valence-corrected chi connectivity index (χ2v) is 4.20. The van der Waals surface area contributed by atoms with E-state index >= 15 is 0 Å². The SMILES string of the molecule is CC(NC(CO)C(C)C)c1ccncc1. The van der Waals surface area contributed by atoms with Crippen LogP contribution in [-0.4, -0.2) is 22.7 Å². The lowest BCUT2D eigenvalue weighted by molar-refractivity contribution is 0.201. The Morgan fingerprint density at radius 3 is 2.33 bits per heavy atom. The predicted molar refractivity (Wildman–Crippen MR) is 61.5 cm³/mol. The summed E-state index contributed by atoms with van der Waals surface area (Å²) in [7, 11) is 0. The summed E-state index contributed by atoms with van der Waals surface area (Å²) in [5.74, 6) is 0.430. The quantitative estimate of drug-likeness (QED) is 0.775. The third kappa shape index (κ3) is 3.61. The molecule has 3 heteroatoms. The number of pyridine rings is 1. The molecule has 0 spiro atoms. The molecule has 1 aromatic heterocycles. The van der Waals surface area contributed by atoms with Gasteiger partial charge in [0.1, 0.15) is 0 Å². The van der Waals surface area contributed by atoms with Gasteiger partial charge in [0, 0.05) is 24.5 Å². The first-order chi connectivity index (χ1) is 7.15. The van der Waals surface area contributed by atoms with Gasteiger partial charge >= 0.3 is 0 Å². The summed E-state index contributed by atoms with van der Waals surface area (Å²) in [6.07, 6.45) is 3.58. The molecular weight excluding hydrogens is 188 g/mol. The van der Waals surface area contributed by atoms with E-state index in [0.29, 0.717) is 5.92 Å². The molecule has 0 radical (unpaired) electrons. The Hall–Kier alpha value is -0.930. The molecule has 15 heavy (non-hydrogen) atoms. The van der Waals surface area contributed by atoms with E-state index in [1.54, 1.807) is 12.4 Å². The van der Waals surface area contributed by atoms with Gasteiger partial charge < -0.3 is 10.4 Å². The van der Waals surface area contributed by atoms with Crippen LogP contribution >= 0.6 is 0 Å². The van der Waals surface area contributed by atoms with Crippen molar-refractivity contribution in [1.29, 1.82) is 0 Å². The van der Waals surface area contributed by atoms with Crippen molar-refractivity contribution in [2.45, 2.75) is 32.9 Å². The largest absolute Gasteiger partial charge is 0.395 e. The van der Waals surface area contributed by atoms with E-state index in [9.17, 15) is 5.11 Å². The van der Waals surface area contributed by atoms with E-state index in [1.165, 1.54) is 5.56 Å². The van der Waals surface area contributed by atoms with E-state index in [1.807, 2.05) is 12.1 Å². The van der Waals surface area contributed by atoms with Crippen LogP contribution in [0, 0.1) is 5.92 Å². The first-order valence-electron chi connectivity index (χ1n) is 5.42. The van der Waals surface area contributed by atoms with Gasteiger partial charge in [0.05, 0.1) is 6.61 Å². The summed E-state index contributed by atoms with van der Waals surface area (Å²) in [6.45, 7) is 6.48. The smallest absolute Gasteiger partial charge is 0.0587 e. The number of nitrogens with zero attached hydrogens (tertiary/aromatic N) is 1. The summed E-state index contributed by atoms with van der Waals surface area (Å²) >= 11 is 0. The first-order valence-corrected chi connectivity index (χ1v) is 5.42. The molecule has 1 rings (SSSR count). The number of nitrogens with one attached hydrogen (secondary N) is 1. The van der Waals surface area contributed by atoms with Crippen molar-refractivity contribution < 1.29 is 5.11 Å². The monoisotopic (exact) mass is 208 g/mol. The lowest BCUT2D eigenvalue weighted by atomic mass is 10.0. The van der Waals surface area contributed by atoms with E-state index in [-0.39, 0.29) is 18.7 Å². The van der Waals surface area contributed by atoms with Gasteiger partial charge in [-0.3, -0.25) is 4.98 Å². The van der Waals surface area contributed by atoms with Crippen LogP contribution in [0.3, 0.4) is 0 Å². The molecule has 3 nitrogen and oxygen atoms in total. The van der Waals surface area contributed by atoms with Gasteiger partial charge in [-0.15, -0.1) is 0 Å². The second-order valence-electron chi connectivity index (χ2n) is 4.20. The molecule has 0 amide bonds. The predicted octanol–water partition coefficient (Wildman–Crippen LogP) is 1.75. The fourth-order valence-electron chi connectivity index (χ4n) is 1.53. The third-order valence-corrected chi connectivity index (χ3v) is 2.67. The van der Waals surface area contributed by atoms with Gasteiger partial charge in [0.2, 0.25) is 0 Å². The Labute approximate surface area is 91.5 Å². The van der Waals surface area contributed by atoms with Crippen LogP contribution in [0.1, 0.15) is 32.4 Å². The minimum absolute atomic E-state index is 0.146. The molecule has 2 atom stereocenters. The maximum atomic E-state index is 9.22. The molecule has 2 unspecified atom stereocenters. The number of hydrogen-bond acceptors (Lipinski definition) is 3. The van der Waals surface area contributed by atoms with Crippen LogP contribution in [0.5, 0.6) is 0 Å². The van der Waals surface area contributed by atoms with Crippen molar-refractivity contribution in [1.82, 2.24) is 10.3 Å². The van der Waals surface area contributed by atoms with E-state index < -0.39 is 0 Å². The minimum atomic E-state index is 0.146. The lowest BCUT2D eigenvalue weighted by Gasteiger charge is -2.24. The Morgan fingerprint density at radius 2 is 1.87 bits per heavy atom. The number of aliphatic hydroxyl groups is 1. The summed E-state index contributed by atoms with van der Waals surface area (Å²) < 4.78 is 0. The Kier molecular flexibility index (Phi) is 4.72. The highest BCUT2D eigenvalue weighted by Crippen LogP contribution is 2.13. The highest BCUT2D eigenvalue weighted by atomic mass is 16.3. The zero-order valence-corrected chi connectivity index (χ0v) is 9.64. The van der Waals surface area contributed by atoms with Gasteiger partial charge in [0.15, 0.2) is 0 Å². The van der Waals surface area contributed by atoms with Crippen molar-refractivity contribution >= 4 is 0 Å². The van der Waals surface area contributed by atoms with Crippen molar-refractivity contribution in [3.8, 4) is 0 Å². The Morgan fingerprint density at radius 1 is 1.27 bits per heavy atom. The fraction of sp³-hybridized carbons (Fsp3) is 0.583. The Bertz CT molecular complexity index is 274. The van der Waals surface area contributed by atoms with Gasteiger partial charge in [0.25, 0.3) is 0 Å². The summed E-state index contributed by atoms with van der Waals surface area (Å²) in [5.41, 5.74) is 1.20. The maximum Gasteiger partial charge on any atom is 0.0587 e. The van der Waals surface area contributed by atoms with Crippen LogP contribution in [0.2, 0.25) is 0 Å². The summed E-state index contributed by atoms with van der Waals surface area (Å²) in [6, 6.07) is 4.37. The number of hydrogen-bond donors (Lipinski definition) is 2. The fourth-order valence-corrected chi connectivity index (χ4v) is 1.53. The first kappa shape index (κ1) is 12.1. The molecule has 0 aliphatic rings. The van der Waals surface area contributed by atoms with Crippen LogP contribution in [-0.2, 0) is 0 Å². The van der Waals surface area contributed by atoms with Crippen LogP contribution in [0.15, 0.2) is 24.5 Å². The number of aromatic nitrogens is 1. The van der Waals surface area contributed by atoms with Crippen molar-refractivity contribution in [3.05, 3.63) is 30.1 Å². The summed E-state index contributed by atoms with van der Waals surface area (Å²) in [5, 5.41) is 12.6. The average Bonchev–Trinajstić information content (AvgIpc) is 2.26. The highest BCUT2D eigenvalue weighted by Gasteiger charge is 2.15.